The van der Waals surface area contributed by atoms with Crippen molar-refractivity contribution in [2.24, 2.45) is 0 Å². The lowest BCUT2D eigenvalue weighted by molar-refractivity contribution is 0.369. The molecule has 2 aromatic rings. The average molecular weight is 445 g/mol. The minimum absolute atomic E-state index is 0.108. The fourth-order valence-corrected chi connectivity index (χ4v) is 4.16. The van der Waals surface area contributed by atoms with Crippen LogP contribution in [-0.4, -0.2) is 35.3 Å². The Balaban J connectivity index is 1.90. The number of nitrogens with zero attached hydrogens (tertiary/aromatic N) is 1. The number of aromatic hydroxyl groups is 2. The first-order valence-electron chi connectivity index (χ1n) is 8.16. The molecule has 0 atom stereocenters. The van der Waals surface area contributed by atoms with Gasteiger partial charge in [0.25, 0.3) is 0 Å². The molecule has 0 bridgehead atoms. The van der Waals surface area contributed by atoms with Crippen molar-refractivity contribution in [3.8, 4) is 11.5 Å². The number of likely N-dealkylation sites (tertiary alicyclic amines) is 1. The van der Waals surface area contributed by atoms with Crippen LogP contribution in [0, 0.1) is 0 Å². The fraction of sp³-hybridized carbons (Fsp3) is 0.200. The molecule has 0 saturated carbocycles. The number of phenolic OH excluding ortho intramolecular Hbond substituents is 2. The van der Waals surface area contributed by atoms with Crippen molar-refractivity contribution in [2.75, 3.05) is 20.1 Å². The molecule has 0 unspecified atom stereocenters. The molecule has 3 nitrogen and oxygen atoms in total. The van der Waals surface area contributed by atoms with Gasteiger partial charge < -0.3 is 10.2 Å². The van der Waals surface area contributed by atoms with Crippen LogP contribution < -0.4 is 0 Å². The van der Waals surface area contributed by atoms with Crippen LogP contribution in [0.5, 0.6) is 11.5 Å². The van der Waals surface area contributed by atoms with Crippen LogP contribution >= 0.6 is 46.4 Å². The molecule has 2 aromatic carbocycles. The Morgan fingerprint density at radius 3 is 1.41 bits per heavy atom. The van der Waals surface area contributed by atoms with Crippen molar-refractivity contribution in [1.82, 2.24) is 4.90 Å². The Morgan fingerprint density at radius 2 is 1.07 bits per heavy atom. The van der Waals surface area contributed by atoms with Gasteiger partial charge in [-0.3, -0.25) is 4.90 Å². The van der Waals surface area contributed by atoms with E-state index in [0.717, 1.165) is 30.6 Å². The van der Waals surface area contributed by atoms with Gasteiger partial charge in [0.2, 0.25) is 0 Å². The highest BCUT2D eigenvalue weighted by molar-refractivity contribution is 6.37. The lowest BCUT2D eigenvalue weighted by atomic mass is 9.96. The van der Waals surface area contributed by atoms with Crippen LogP contribution in [0.1, 0.15) is 17.5 Å². The van der Waals surface area contributed by atoms with E-state index >= 15 is 0 Å². The molecule has 1 fully saturated rings. The Morgan fingerprint density at radius 1 is 0.741 bits per heavy atom. The number of piperidine rings is 1. The zero-order valence-corrected chi connectivity index (χ0v) is 17.5. The van der Waals surface area contributed by atoms with Gasteiger partial charge in [-0.1, -0.05) is 69.7 Å². The molecule has 7 heteroatoms. The summed E-state index contributed by atoms with van der Waals surface area (Å²) in [5, 5.41) is 20.3. The average Bonchev–Trinajstić information content (AvgIpc) is 2.57. The molecule has 142 valence electrons. The number of rotatable bonds is 2. The predicted molar refractivity (Wildman–Crippen MR) is 114 cm³/mol. The standard InChI is InChI=1S/C20H17Cl4NO2/c1-25-9-13(2-11-5-15(21)19(26)16(22)6-11)4-14(10-25)3-12-7-17(23)20(27)18(24)8-12/h2-3,5-8,26-27H,4,9-10H2,1H3/b13-2+,14-3+. The number of benzene rings is 2. The second kappa shape index (κ2) is 8.34. The van der Waals surface area contributed by atoms with Gasteiger partial charge in [-0.25, -0.2) is 0 Å². The summed E-state index contributed by atoms with van der Waals surface area (Å²) in [6.45, 7) is 1.62. The Bertz CT molecular complexity index is 831. The maximum atomic E-state index is 9.71. The molecular formula is C20H17Cl4NO2. The Hall–Kier alpha value is -1.36. The van der Waals surface area contributed by atoms with E-state index in [1.54, 1.807) is 24.3 Å². The number of likely N-dealkylation sites (N-methyl/N-ethyl adjacent to an activating group) is 1. The Kier molecular flexibility index (Phi) is 6.29. The first-order valence-corrected chi connectivity index (χ1v) is 9.67. The van der Waals surface area contributed by atoms with Gasteiger partial charge in [0.15, 0.2) is 11.5 Å². The van der Waals surface area contributed by atoms with Gasteiger partial charge in [0, 0.05) is 13.1 Å². The van der Waals surface area contributed by atoms with E-state index in [-0.39, 0.29) is 31.6 Å². The molecule has 1 heterocycles. The van der Waals surface area contributed by atoms with Crippen molar-refractivity contribution < 1.29 is 10.2 Å². The van der Waals surface area contributed by atoms with Crippen LogP contribution in [0.25, 0.3) is 12.2 Å². The predicted octanol–water partition coefficient (Wildman–Crippen LogP) is 6.51. The second-order valence-electron chi connectivity index (χ2n) is 6.62. The smallest absolute Gasteiger partial charge is 0.152 e. The molecule has 1 aliphatic rings. The van der Waals surface area contributed by atoms with E-state index in [1.807, 2.05) is 19.2 Å². The summed E-state index contributed by atoms with van der Waals surface area (Å²) in [4.78, 5) is 2.19. The van der Waals surface area contributed by atoms with Crippen molar-refractivity contribution >= 4 is 58.6 Å². The normalized spacial score (nSPS) is 18.4. The summed E-state index contributed by atoms with van der Waals surface area (Å²) in [5.41, 5.74) is 4.04. The molecule has 2 N–H and O–H groups in total. The Labute approximate surface area is 178 Å². The van der Waals surface area contributed by atoms with Crippen molar-refractivity contribution in [3.05, 3.63) is 66.6 Å². The topological polar surface area (TPSA) is 43.7 Å². The summed E-state index contributed by atoms with van der Waals surface area (Å²) < 4.78 is 0. The van der Waals surface area contributed by atoms with Crippen molar-refractivity contribution in [1.29, 1.82) is 0 Å². The first kappa shape index (κ1) is 20.4. The summed E-state index contributed by atoms with van der Waals surface area (Å²) >= 11 is 24.1. The highest BCUT2D eigenvalue weighted by Gasteiger charge is 2.16. The first-order chi connectivity index (χ1) is 12.7. The van der Waals surface area contributed by atoms with Crippen LogP contribution in [0.3, 0.4) is 0 Å². The molecule has 0 aliphatic carbocycles. The minimum Gasteiger partial charge on any atom is -0.505 e. The highest BCUT2D eigenvalue weighted by Crippen LogP contribution is 2.35. The molecule has 3 rings (SSSR count). The third kappa shape index (κ3) is 4.92. The molecule has 0 spiro atoms. The van der Waals surface area contributed by atoms with Crippen LogP contribution in [0.2, 0.25) is 20.1 Å². The van der Waals surface area contributed by atoms with Gasteiger partial charge >= 0.3 is 0 Å². The fourth-order valence-electron chi connectivity index (χ4n) is 3.15. The monoisotopic (exact) mass is 443 g/mol. The molecule has 0 radical (unpaired) electrons. The van der Waals surface area contributed by atoms with Crippen LogP contribution in [-0.2, 0) is 0 Å². The van der Waals surface area contributed by atoms with Crippen LogP contribution in [0.15, 0.2) is 35.4 Å². The molecular weight excluding hydrogens is 428 g/mol. The second-order valence-corrected chi connectivity index (χ2v) is 8.25. The molecule has 1 saturated heterocycles. The lowest BCUT2D eigenvalue weighted by Gasteiger charge is -2.27. The van der Waals surface area contributed by atoms with E-state index in [4.69, 9.17) is 46.4 Å². The zero-order valence-electron chi connectivity index (χ0n) is 14.4. The van der Waals surface area contributed by atoms with E-state index in [9.17, 15) is 10.2 Å². The minimum atomic E-state index is -0.108. The van der Waals surface area contributed by atoms with Gasteiger partial charge in [-0.15, -0.1) is 0 Å². The quantitative estimate of drug-likeness (QED) is 0.554. The van der Waals surface area contributed by atoms with E-state index in [2.05, 4.69) is 4.90 Å². The third-order valence-electron chi connectivity index (χ3n) is 4.22. The maximum absolute atomic E-state index is 9.71. The van der Waals surface area contributed by atoms with E-state index in [0.29, 0.717) is 0 Å². The van der Waals surface area contributed by atoms with Gasteiger partial charge in [0.1, 0.15) is 0 Å². The number of hydrogen-bond acceptors (Lipinski definition) is 3. The third-order valence-corrected chi connectivity index (χ3v) is 5.37. The van der Waals surface area contributed by atoms with Crippen molar-refractivity contribution in [3.63, 3.8) is 0 Å². The van der Waals surface area contributed by atoms with E-state index < -0.39 is 0 Å². The molecule has 0 amide bonds. The summed E-state index contributed by atoms with van der Waals surface area (Å²) in [7, 11) is 2.04. The summed E-state index contributed by atoms with van der Waals surface area (Å²) in [5.74, 6) is -0.217. The zero-order chi connectivity index (χ0) is 19.7. The summed E-state index contributed by atoms with van der Waals surface area (Å²) in [6, 6.07) is 6.75. The number of hydrogen-bond donors (Lipinski definition) is 2. The number of phenols is 2. The molecule has 1 aliphatic heterocycles. The van der Waals surface area contributed by atoms with Crippen LogP contribution in [0.4, 0.5) is 0 Å². The lowest BCUT2D eigenvalue weighted by Crippen LogP contribution is -2.28. The molecule has 27 heavy (non-hydrogen) atoms. The molecule has 0 aromatic heterocycles. The van der Waals surface area contributed by atoms with Crippen molar-refractivity contribution in [2.45, 2.75) is 6.42 Å². The van der Waals surface area contributed by atoms with E-state index in [1.165, 1.54) is 11.1 Å². The van der Waals surface area contributed by atoms with Gasteiger partial charge in [-0.2, -0.15) is 0 Å². The SMILES string of the molecule is CN1C/C(=C/c2cc(Cl)c(O)c(Cl)c2)C/C(=C\c2cc(Cl)c(O)c(Cl)c2)C1. The number of halogens is 4. The largest absolute Gasteiger partial charge is 0.505 e. The highest BCUT2D eigenvalue weighted by atomic mass is 35.5. The van der Waals surface area contributed by atoms with Gasteiger partial charge in [-0.05, 0) is 48.9 Å². The summed E-state index contributed by atoms with van der Waals surface area (Å²) in [6.07, 6.45) is 4.82. The van der Waals surface area contributed by atoms with Gasteiger partial charge in [0.05, 0.1) is 20.1 Å². The maximum Gasteiger partial charge on any atom is 0.152 e.